The number of hydrogen-bond acceptors (Lipinski definition) is 2. The zero-order valence-corrected chi connectivity index (χ0v) is 16.1. The van der Waals surface area contributed by atoms with Gasteiger partial charge in [-0.3, -0.25) is 0 Å². The van der Waals surface area contributed by atoms with Crippen LogP contribution < -0.4 is 5.11 Å². The second kappa shape index (κ2) is 15.0. The summed E-state index contributed by atoms with van der Waals surface area (Å²) in [7, 11) is 0. The quantitative estimate of drug-likeness (QED) is 0.396. The van der Waals surface area contributed by atoms with Crippen molar-refractivity contribution in [3.63, 3.8) is 0 Å². The summed E-state index contributed by atoms with van der Waals surface area (Å²) in [4.78, 5) is 8.89. The van der Waals surface area contributed by atoms with E-state index < -0.39 is 5.97 Å². The van der Waals surface area contributed by atoms with Crippen LogP contribution in [0.3, 0.4) is 0 Å². The Balaban J connectivity index is 0.00000108. The van der Waals surface area contributed by atoms with Crippen molar-refractivity contribution in [3.05, 3.63) is 0 Å². The van der Waals surface area contributed by atoms with E-state index in [9.17, 15) is 0 Å². The molecule has 1 fully saturated rings. The number of rotatable bonds is 12. The number of hydrogen-bond donors (Lipinski definition) is 0. The van der Waals surface area contributed by atoms with E-state index in [-0.39, 0.29) is 0 Å². The van der Waals surface area contributed by atoms with E-state index in [1.807, 2.05) is 0 Å². The van der Waals surface area contributed by atoms with E-state index in [2.05, 4.69) is 13.8 Å². The Morgan fingerprint density at radius 1 is 0.783 bits per heavy atom. The molecule has 0 saturated carbocycles. The summed E-state index contributed by atoms with van der Waals surface area (Å²) in [5.41, 5.74) is 0. The van der Waals surface area contributed by atoms with Crippen LogP contribution in [0.2, 0.25) is 0 Å². The van der Waals surface area contributed by atoms with E-state index in [1.165, 1.54) is 108 Å². The monoisotopic (exact) mass is 327 g/mol. The van der Waals surface area contributed by atoms with Crippen LogP contribution in [0.4, 0.5) is 0 Å². The van der Waals surface area contributed by atoms with Gasteiger partial charge >= 0.3 is 0 Å². The standard InChI is InChI=1S/C18H38N.C2H4O2/c1-3-5-6-7-8-9-10-11-12-16-19(15-4-2)17-13-14-18-19;1-2(3)4/h3-18H2,1-2H3;1H3,(H,3,4)/q+1;/p-1. The third-order valence-corrected chi connectivity index (χ3v) is 4.95. The van der Waals surface area contributed by atoms with Crippen LogP contribution in [0.5, 0.6) is 0 Å². The Morgan fingerprint density at radius 2 is 1.22 bits per heavy atom. The van der Waals surface area contributed by atoms with E-state index in [0.717, 1.165) is 6.92 Å². The fourth-order valence-electron chi connectivity index (χ4n) is 3.80. The van der Waals surface area contributed by atoms with Gasteiger partial charge in [-0.05, 0) is 26.2 Å². The maximum atomic E-state index is 8.89. The van der Waals surface area contributed by atoms with Crippen molar-refractivity contribution < 1.29 is 14.4 Å². The smallest absolute Gasteiger partial charge is 0.0788 e. The highest BCUT2D eigenvalue weighted by molar-refractivity contribution is 5.60. The minimum absolute atomic E-state index is 0.972. The van der Waals surface area contributed by atoms with E-state index in [0.29, 0.717) is 0 Å². The predicted molar refractivity (Wildman–Crippen MR) is 97.2 cm³/mol. The molecule has 1 heterocycles. The van der Waals surface area contributed by atoms with Crippen molar-refractivity contribution >= 4 is 5.97 Å². The van der Waals surface area contributed by atoms with E-state index >= 15 is 0 Å². The number of carboxylic acids is 1. The van der Waals surface area contributed by atoms with Crippen LogP contribution in [0.1, 0.15) is 97.8 Å². The number of aliphatic carboxylic acids is 1. The van der Waals surface area contributed by atoms with Crippen molar-refractivity contribution in [1.82, 2.24) is 0 Å². The average molecular weight is 328 g/mol. The molecule has 0 spiro atoms. The number of carbonyl (C=O) groups excluding carboxylic acids is 1. The van der Waals surface area contributed by atoms with Gasteiger partial charge in [-0.25, -0.2) is 0 Å². The van der Waals surface area contributed by atoms with E-state index in [1.54, 1.807) is 0 Å². The maximum absolute atomic E-state index is 8.89. The molecule has 0 amide bonds. The van der Waals surface area contributed by atoms with Gasteiger partial charge in [0.1, 0.15) is 0 Å². The number of carbonyl (C=O) groups is 1. The summed E-state index contributed by atoms with van der Waals surface area (Å²) < 4.78 is 1.47. The highest BCUT2D eigenvalue weighted by Crippen LogP contribution is 2.21. The van der Waals surface area contributed by atoms with Crippen LogP contribution in [-0.2, 0) is 4.79 Å². The molecule has 0 unspecified atom stereocenters. The van der Waals surface area contributed by atoms with Gasteiger partial charge < -0.3 is 14.4 Å². The van der Waals surface area contributed by atoms with Crippen LogP contribution in [0, 0.1) is 0 Å². The molecule has 1 rings (SSSR count). The first-order chi connectivity index (χ1) is 11.1. The number of quaternary nitrogens is 1. The minimum Gasteiger partial charge on any atom is -0.550 e. The van der Waals surface area contributed by atoms with E-state index in [4.69, 9.17) is 9.90 Å². The molecule has 0 N–H and O–H groups in total. The van der Waals surface area contributed by atoms with Gasteiger partial charge in [0.25, 0.3) is 0 Å². The Hall–Kier alpha value is -0.570. The van der Waals surface area contributed by atoms with Crippen LogP contribution in [0.25, 0.3) is 0 Å². The fraction of sp³-hybridized carbons (Fsp3) is 0.950. The first kappa shape index (κ1) is 22.4. The summed E-state index contributed by atoms with van der Waals surface area (Å²) in [6, 6.07) is 0. The molecular formula is C20H41NO2. The fourth-order valence-corrected chi connectivity index (χ4v) is 3.80. The first-order valence-electron chi connectivity index (χ1n) is 10.1. The zero-order chi connectivity index (χ0) is 17.4. The Labute approximate surface area is 145 Å². The van der Waals surface area contributed by atoms with Gasteiger partial charge in [0.2, 0.25) is 0 Å². The van der Waals surface area contributed by atoms with Crippen LogP contribution in [0.15, 0.2) is 0 Å². The van der Waals surface area contributed by atoms with Crippen molar-refractivity contribution in [1.29, 1.82) is 0 Å². The lowest BCUT2D eigenvalue weighted by Gasteiger charge is -2.34. The summed E-state index contributed by atoms with van der Waals surface area (Å²) in [5.74, 6) is -1.08. The Morgan fingerprint density at radius 3 is 1.65 bits per heavy atom. The molecule has 1 saturated heterocycles. The second-order valence-electron chi connectivity index (χ2n) is 7.26. The molecule has 0 radical (unpaired) electrons. The molecular weight excluding hydrogens is 286 g/mol. The summed E-state index contributed by atoms with van der Waals surface area (Å²) in [6.45, 7) is 11.5. The molecule has 1 aliphatic rings. The third-order valence-electron chi connectivity index (χ3n) is 4.95. The average Bonchev–Trinajstić information content (AvgIpc) is 2.94. The van der Waals surface area contributed by atoms with Crippen molar-refractivity contribution in [2.45, 2.75) is 97.8 Å². The molecule has 0 aromatic heterocycles. The molecule has 3 heteroatoms. The summed E-state index contributed by atoms with van der Waals surface area (Å²) >= 11 is 0. The Kier molecular flexibility index (Phi) is 14.6. The topological polar surface area (TPSA) is 40.1 Å². The van der Waals surface area contributed by atoms with Crippen molar-refractivity contribution in [2.24, 2.45) is 0 Å². The highest BCUT2D eigenvalue weighted by atomic mass is 16.4. The van der Waals surface area contributed by atoms with Crippen LogP contribution >= 0.6 is 0 Å². The van der Waals surface area contributed by atoms with Crippen molar-refractivity contribution in [3.8, 4) is 0 Å². The molecule has 0 aromatic rings. The lowest BCUT2D eigenvalue weighted by Crippen LogP contribution is -2.46. The van der Waals surface area contributed by atoms with Gasteiger partial charge in [0.05, 0.1) is 26.2 Å². The highest BCUT2D eigenvalue weighted by Gasteiger charge is 2.29. The molecule has 138 valence electrons. The number of likely N-dealkylation sites (tertiary alicyclic amines) is 1. The molecule has 0 aromatic carbocycles. The SMILES string of the molecule is CC(=O)[O-].CCCCCCCCCCC[N+]1(CCC)CCCC1. The number of nitrogens with zero attached hydrogens (tertiary/aromatic N) is 1. The van der Waals surface area contributed by atoms with Gasteiger partial charge in [-0.2, -0.15) is 0 Å². The van der Waals surface area contributed by atoms with Crippen molar-refractivity contribution in [2.75, 3.05) is 26.2 Å². The van der Waals surface area contributed by atoms with Gasteiger partial charge in [0, 0.05) is 18.8 Å². The van der Waals surface area contributed by atoms with Gasteiger partial charge in [-0.1, -0.05) is 58.8 Å². The molecule has 1 aliphatic heterocycles. The molecule has 23 heavy (non-hydrogen) atoms. The largest absolute Gasteiger partial charge is 0.550 e. The van der Waals surface area contributed by atoms with Gasteiger partial charge in [0.15, 0.2) is 0 Å². The zero-order valence-electron chi connectivity index (χ0n) is 16.1. The first-order valence-corrected chi connectivity index (χ1v) is 10.1. The molecule has 0 aliphatic carbocycles. The van der Waals surface area contributed by atoms with Gasteiger partial charge in [-0.15, -0.1) is 0 Å². The third kappa shape index (κ3) is 13.6. The maximum Gasteiger partial charge on any atom is 0.0788 e. The summed E-state index contributed by atoms with van der Waals surface area (Å²) in [6.07, 6.45) is 17.5. The number of unbranched alkanes of at least 4 members (excludes halogenated alkanes) is 8. The normalized spacial score (nSPS) is 16.0. The predicted octanol–water partition coefficient (Wildman–Crippen LogP) is 4.29. The summed E-state index contributed by atoms with van der Waals surface area (Å²) in [5, 5.41) is 8.89. The Bertz CT molecular complexity index is 269. The minimum atomic E-state index is -1.08. The molecule has 0 atom stereocenters. The lowest BCUT2D eigenvalue weighted by atomic mass is 10.1. The molecule has 3 nitrogen and oxygen atoms in total. The molecule has 0 bridgehead atoms. The number of carboxylic acid groups (broad SMARTS) is 1. The van der Waals surface area contributed by atoms with Crippen LogP contribution in [-0.4, -0.2) is 36.6 Å². The lowest BCUT2D eigenvalue weighted by molar-refractivity contribution is -0.917. The second-order valence-corrected chi connectivity index (χ2v) is 7.26.